The summed E-state index contributed by atoms with van der Waals surface area (Å²) in [7, 11) is 0. The number of nitrogens with zero attached hydrogens (tertiary/aromatic N) is 3. The third kappa shape index (κ3) is 4.99. The second-order valence-corrected chi connectivity index (χ2v) is 6.55. The number of hydrogen-bond donors (Lipinski definition) is 1. The van der Waals surface area contributed by atoms with Gasteiger partial charge in [-0.15, -0.1) is 0 Å². The van der Waals surface area contributed by atoms with Crippen molar-refractivity contribution in [1.29, 1.82) is 0 Å². The number of benzene rings is 2. The Bertz CT molecular complexity index is 1040. The van der Waals surface area contributed by atoms with Gasteiger partial charge in [0, 0.05) is 17.8 Å². The van der Waals surface area contributed by atoms with Gasteiger partial charge < -0.3 is 9.47 Å². The number of halogens is 3. The molecular weight excluding hydrogens is 425 g/mol. The van der Waals surface area contributed by atoms with Gasteiger partial charge in [-0.1, -0.05) is 6.07 Å². The topological polar surface area (TPSA) is 129 Å². The molecule has 13 heteroatoms. The fourth-order valence-electron chi connectivity index (χ4n) is 2.81. The van der Waals surface area contributed by atoms with Crippen LogP contribution in [0, 0.1) is 20.2 Å². The van der Waals surface area contributed by atoms with Crippen molar-refractivity contribution in [2.24, 2.45) is 5.10 Å². The zero-order chi connectivity index (χ0) is 22.8. The van der Waals surface area contributed by atoms with Crippen LogP contribution in [0.4, 0.5) is 30.2 Å². The lowest BCUT2D eigenvalue weighted by atomic mass is 10.1. The summed E-state index contributed by atoms with van der Waals surface area (Å²) in [5.41, 5.74) is -0.932. The largest absolute Gasteiger partial charge is 0.454 e. The molecule has 0 saturated carbocycles. The number of fused-ring (bicyclic) bond motifs is 1. The van der Waals surface area contributed by atoms with E-state index in [0.29, 0.717) is 30.1 Å². The molecule has 164 valence electrons. The normalized spacial score (nSPS) is 13.2. The standard InChI is InChI=1S/C18H15F3N4O6/c1-10(2-3-11-4-5-15-16(6-11)31-9-30-15)22-23-17-13(24(26)27)7-12(18(19,20)21)8-14(17)25(28)29/h4-8,23H,2-3,9H2,1H3. The van der Waals surface area contributed by atoms with Crippen molar-refractivity contribution in [2.75, 3.05) is 12.2 Å². The molecule has 1 heterocycles. The average molecular weight is 440 g/mol. The number of rotatable bonds is 7. The van der Waals surface area contributed by atoms with Crippen LogP contribution in [0.25, 0.3) is 0 Å². The van der Waals surface area contributed by atoms with Gasteiger partial charge in [0.15, 0.2) is 11.5 Å². The smallest absolute Gasteiger partial charge is 0.416 e. The molecule has 0 aromatic heterocycles. The summed E-state index contributed by atoms with van der Waals surface area (Å²) in [5.74, 6) is 1.22. The number of anilines is 1. The van der Waals surface area contributed by atoms with E-state index in [2.05, 4.69) is 10.5 Å². The van der Waals surface area contributed by atoms with Crippen LogP contribution < -0.4 is 14.9 Å². The number of nitro groups is 2. The number of nitrogens with one attached hydrogen (secondary N) is 1. The summed E-state index contributed by atoms with van der Waals surface area (Å²) in [6.07, 6.45) is -4.11. The maximum Gasteiger partial charge on any atom is 0.416 e. The van der Waals surface area contributed by atoms with Gasteiger partial charge in [-0.2, -0.15) is 18.3 Å². The maximum absolute atomic E-state index is 13.0. The SMILES string of the molecule is CC(CCc1ccc2c(c1)OCO2)=NNc1c([N+](=O)[O-])cc(C(F)(F)F)cc1[N+](=O)[O-]. The molecule has 0 aliphatic carbocycles. The third-order valence-electron chi connectivity index (χ3n) is 4.39. The highest BCUT2D eigenvalue weighted by Gasteiger charge is 2.37. The molecule has 1 aliphatic heterocycles. The van der Waals surface area contributed by atoms with Crippen molar-refractivity contribution in [3.8, 4) is 11.5 Å². The number of hydrazone groups is 1. The summed E-state index contributed by atoms with van der Waals surface area (Å²) >= 11 is 0. The van der Waals surface area contributed by atoms with E-state index < -0.39 is 38.6 Å². The molecule has 2 aromatic rings. The maximum atomic E-state index is 13.0. The minimum atomic E-state index is -4.99. The van der Waals surface area contributed by atoms with Crippen LogP contribution in [0.2, 0.25) is 0 Å². The van der Waals surface area contributed by atoms with E-state index in [1.807, 2.05) is 6.07 Å². The summed E-state index contributed by atoms with van der Waals surface area (Å²) in [6, 6.07) is 5.81. The lowest BCUT2D eigenvalue weighted by molar-refractivity contribution is -0.392. The summed E-state index contributed by atoms with van der Waals surface area (Å²) < 4.78 is 49.4. The van der Waals surface area contributed by atoms with Gasteiger partial charge in [-0.05, 0) is 37.5 Å². The van der Waals surface area contributed by atoms with Crippen molar-refractivity contribution < 1.29 is 32.5 Å². The van der Waals surface area contributed by atoms with Crippen LogP contribution in [0.3, 0.4) is 0 Å². The van der Waals surface area contributed by atoms with Crippen LogP contribution in [0.15, 0.2) is 35.4 Å². The first kappa shape index (κ1) is 21.8. The average Bonchev–Trinajstić information content (AvgIpc) is 3.17. The molecule has 0 bridgehead atoms. The quantitative estimate of drug-likeness (QED) is 0.376. The Morgan fingerprint density at radius 2 is 1.71 bits per heavy atom. The van der Waals surface area contributed by atoms with Gasteiger partial charge in [-0.3, -0.25) is 25.7 Å². The van der Waals surface area contributed by atoms with Crippen molar-refractivity contribution in [1.82, 2.24) is 0 Å². The molecule has 2 aromatic carbocycles. The highest BCUT2D eigenvalue weighted by atomic mass is 19.4. The van der Waals surface area contributed by atoms with Crippen LogP contribution in [-0.2, 0) is 12.6 Å². The number of alkyl halides is 3. The zero-order valence-electron chi connectivity index (χ0n) is 15.9. The van der Waals surface area contributed by atoms with Gasteiger partial charge in [-0.25, -0.2) is 0 Å². The van der Waals surface area contributed by atoms with Crippen LogP contribution in [0.5, 0.6) is 11.5 Å². The van der Waals surface area contributed by atoms with Crippen molar-refractivity contribution in [3.05, 3.63) is 61.7 Å². The Morgan fingerprint density at radius 3 is 2.29 bits per heavy atom. The molecule has 10 nitrogen and oxygen atoms in total. The Kier molecular flexibility index (Phi) is 5.95. The summed E-state index contributed by atoms with van der Waals surface area (Å²) in [4.78, 5) is 20.2. The zero-order valence-corrected chi connectivity index (χ0v) is 15.9. The molecule has 1 N–H and O–H groups in total. The fraction of sp³-hybridized carbons (Fsp3) is 0.278. The summed E-state index contributed by atoms with van der Waals surface area (Å²) in [6.45, 7) is 1.70. The first-order valence-corrected chi connectivity index (χ1v) is 8.78. The lowest BCUT2D eigenvalue weighted by Gasteiger charge is -2.10. The highest BCUT2D eigenvalue weighted by molar-refractivity contribution is 5.84. The second kappa shape index (κ2) is 8.45. The van der Waals surface area contributed by atoms with Crippen molar-refractivity contribution in [2.45, 2.75) is 25.9 Å². The number of ether oxygens (including phenoxy) is 2. The first-order chi connectivity index (χ1) is 14.6. The highest BCUT2D eigenvalue weighted by Crippen LogP contribution is 2.41. The molecule has 31 heavy (non-hydrogen) atoms. The minimum absolute atomic E-state index is 0.133. The molecule has 0 amide bonds. The molecule has 3 rings (SSSR count). The van der Waals surface area contributed by atoms with Gasteiger partial charge in [0.25, 0.3) is 0 Å². The number of nitro benzene ring substituents is 2. The van der Waals surface area contributed by atoms with Gasteiger partial charge in [0.05, 0.1) is 15.4 Å². The van der Waals surface area contributed by atoms with E-state index in [-0.39, 0.29) is 18.9 Å². The third-order valence-corrected chi connectivity index (χ3v) is 4.39. The molecule has 0 saturated heterocycles. The van der Waals surface area contributed by atoms with E-state index >= 15 is 0 Å². The van der Waals surface area contributed by atoms with E-state index in [9.17, 15) is 33.4 Å². The van der Waals surface area contributed by atoms with Gasteiger partial charge in [0.1, 0.15) is 0 Å². The van der Waals surface area contributed by atoms with Gasteiger partial charge in [0.2, 0.25) is 12.5 Å². The monoisotopic (exact) mass is 440 g/mol. The van der Waals surface area contributed by atoms with E-state index in [4.69, 9.17) is 9.47 Å². The Balaban J connectivity index is 1.81. The molecule has 0 spiro atoms. The van der Waals surface area contributed by atoms with Crippen molar-refractivity contribution in [3.63, 3.8) is 0 Å². The minimum Gasteiger partial charge on any atom is -0.454 e. The van der Waals surface area contributed by atoms with E-state index in [0.717, 1.165) is 5.56 Å². The molecule has 0 atom stereocenters. The van der Waals surface area contributed by atoms with Crippen LogP contribution in [0.1, 0.15) is 24.5 Å². The summed E-state index contributed by atoms with van der Waals surface area (Å²) in [5, 5.41) is 26.3. The first-order valence-electron chi connectivity index (χ1n) is 8.78. The number of hydrogen-bond acceptors (Lipinski definition) is 8. The Hall–Kier alpha value is -3.90. The van der Waals surface area contributed by atoms with E-state index in [1.165, 1.54) is 0 Å². The van der Waals surface area contributed by atoms with E-state index in [1.54, 1.807) is 19.1 Å². The lowest BCUT2D eigenvalue weighted by Crippen LogP contribution is -2.10. The molecular formula is C18H15F3N4O6. The van der Waals surface area contributed by atoms with Gasteiger partial charge >= 0.3 is 17.6 Å². The fourth-order valence-corrected chi connectivity index (χ4v) is 2.81. The molecule has 1 aliphatic rings. The Labute approximate surface area is 172 Å². The van der Waals surface area contributed by atoms with Crippen LogP contribution >= 0.6 is 0 Å². The molecule has 0 fully saturated rings. The number of aryl methyl sites for hydroxylation is 1. The predicted molar refractivity (Wildman–Crippen MR) is 102 cm³/mol. The molecule has 0 radical (unpaired) electrons. The van der Waals surface area contributed by atoms with Crippen LogP contribution in [-0.4, -0.2) is 22.4 Å². The predicted octanol–water partition coefficient (Wildman–Crippen LogP) is 4.67. The Morgan fingerprint density at radius 1 is 1.10 bits per heavy atom. The molecule has 0 unspecified atom stereocenters. The van der Waals surface area contributed by atoms with Crippen molar-refractivity contribution >= 4 is 22.8 Å². The second-order valence-electron chi connectivity index (χ2n) is 6.55.